The van der Waals surface area contributed by atoms with E-state index in [9.17, 15) is 4.79 Å². The van der Waals surface area contributed by atoms with Crippen molar-refractivity contribution in [2.45, 2.75) is 39.4 Å². The first-order valence-electron chi connectivity index (χ1n) is 10.1. The van der Waals surface area contributed by atoms with Crippen LogP contribution in [0.4, 0.5) is 0 Å². The van der Waals surface area contributed by atoms with Gasteiger partial charge in [-0.2, -0.15) is 0 Å². The molecule has 0 aliphatic heterocycles. The van der Waals surface area contributed by atoms with E-state index < -0.39 is 5.54 Å². The van der Waals surface area contributed by atoms with Gasteiger partial charge in [-0.15, -0.1) is 0 Å². The number of halogens is 1. The molecule has 0 bridgehead atoms. The second-order valence-corrected chi connectivity index (χ2v) is 8.86. The van der Waals surface area contributed by atoms with Crippen molar-refractivity contribution in [2.24, 2.45) is 0 Å². The Balaban J connectivity index is 1.90. The molecule has 0 radical (unpaired) electrons. The number of aromatic nitrogens is 1. The fraction of sp³-hybridized carbons (Fsp3) is 0.320. The predicted octanol–water partition coefficient (Wildman–Crippen LogP) is 5.65. The zero-order valence-corrected chi connectivity index (χ0v) is 19.4. The maximum Gasteiger partial charge on any atom is 0.254 e. The third-order valence-electron chi connectivity index (χ3n) is 5.14. The highest BCUT2D eigenvalue weighted by molar-refractivity contribution is 6.30. The minimum atomic E-state index is -0.390. The average Bonchev–Trinajstić information content (AvgIpc) is 3.16. The highest BCUT2D eigenvalue weighted by atomic mass is 35.5. The lowest BCUT2D eigenvalue weighted by molar-refractivity contribution is 0.0551. The predicted molar refractivity (Wildman–Crippen MR) is 124 cm³/mol. The van der Waals surface area contributed by atoms with Crippen molar-refractivity contribution in [2.75, 3.05) is 14.2 Å². The van der Waals surface area contributed by atoms with Gasteiger partial charge in [0.15, 0.2) is 0 Å². The Morgan fingerprint density at radius 3 is 2.26 bits per heavy atom. The Kier molecular flexibility index (Phi) is 6.96. The molecule has 31 heavy (non-hydrogen) atoms. The van der Waals surface area contributed by atoms with Crippen LogP contribution in [0.15, 0.2) is 60.8 Å². The Labute approximate surface area is 189 Å². The van der Waals surface area contributed by atoms with Gasteiger partial charge in [-0.25, -0.2) is 0 Å². The number of amides is 1. The van der Waals surface area contributed by atoms with Gasteiger partial charge in [0.1, 0.15) is 11.5 Å². The van der Waals surface area contributed by atoms with Crippen LogP contribution in [0, 0.1) is 0 Å². The number of carbonyl (C=O) groups excluding carboxylic acids is 1. The van der Waals surface area contributed by atoms with E-state index in [1.165, 1.54) is 0 Å². The summed E-state index contributed by atoms with van der Waals surface area (Å²) in [5, 5.41) is 0.713. The first-order valence-corrected chi connectivity index (χ1v) is 10.5. The molecule has 0 aliphatic rings. The van der Waals surface area contributed by atoms with E-state index >= 15 is 0 Å². The summed E-state index contributed by atoms with van der Waals surface area (Å²) in [5.74, 6) is 1.09. The molecular formula is C25H29ClN2O3. The summed E-state index contributed by atoms with van der Waals surface area (Å²) >= 11 is 6.15. The Bertz CT molecular complexity index is 1030. The number of methoxy groups -OCH3 is 2. The van der Waals surface area contributed by atoms with Crippen molar-refractivity contribution in [3.05, 3.63) is 82.6 Å². The summed E-state index contributed by atoms with van der Waals surface area (Å²) in [5.41, 5.74) is 2.28. The maximum atomic E-state index is 13.6. The number of carbonyl (C=O) groups is 1. The van der Waals surface area contributed by atoms with E-state index in [4.69, 9.17) is 21.1 Å². The molecule has 3 rings (SSSR count). The smallest absolute Gasteiger partial charge is 0.254 e. The van der Waals surface area contributed by atoms with Gasteiger partial charge in [-0.05, 0) is 62.7 Å². The lowest BCUT2D eigenvalue weighted by Crippen LogP contribution is -2.45. The highest BCUT2D eigenvalue weighted by Gasteiger charge is 2.29. The van der Waals surface area contributed by atoms with Crippen LogP contribution in [0.3, 0.4) is 0 Å². The number of benzene rings is 2. The molecule has 0 saturated carbocycles. The van der Waals surface area contributed by atoms with E-state index in [0.717, 1.165) is 11.3 Å². The molecule has 1 aromatic heterocycles. The minimum Gasteiger partial charge on any atom is -0.497 e. The molecule has 1 heterocycles. The van der Waals surface area contributed by atoms with E-state index in [1.807, 2.05) is 68.3 Å². The summed E-state index contributed by atoms with van der Waals surface area (Å²) in [6.07, 6.45) is 2.02. The van der Waals surface area contributed by atoms with E-state index in [2.05, 4.69) is 4.57 Å². The van der Waals surface area contributed by atoms with E-state index in [-0.39, 0.29) is 5.91 Å². The molecular weight excluding hydrogens is 412 g/mol. The van der Waals surface area contributed by atoms with Crippen LogP contribution >= 0.6 is 11.6 Å². The van der Waals surface area contributed by atoms with Crippen molar-refractivity contribution in [1.29, 1.82) is 0 Å². The van der Waals surface area contributed by atoms with Gasteiger partial charge in [0, 0.05) is 40.6 Å². The average molecular weight is 441 g/mol. The van der Waals surface area contributed by atoms with Gasteiger partial charge in [-0.1, -0.05) is 23.7 Å². The van der Waals surface area contributed by atoms with Gasteiger partial charge in [0.25, 0.3) is 5.91 Å². The van der Waals surface area contributed by atoms with Crippen LogP contribution in [-0.4, -0.2) is 35.1 Å². The molecule has 0 saturated heterocycles. The van der Waals surface area contributed by atoms with Crippen molar-refractivity contribution < 1.29 is 14.3 Å². The third-order valence-corrected chi connectivity index (χ3v) is 5.37. The summed E-state index contributed by atoms with van der Waals surface area (Å²) in [6, 6.07) is 17.1. The lowest BCUT2D eigenvalue weighted by atomic mass is 10.0. The molecule has 0 unspecified atom stereocenters. The quantitative estimate of drug-likeness (QED) is 0.477. The monoisotopic (exact) mass is 440 g/mol. The van der Waals surface area contributed by atoms with Gasteiger partial charge in [-0.3, -0.25) is 4.79 Å². The fourth-order valence-electron chi connectivity index (χ4n) is 3.44. The number of nitrogens with zero attached hydrogens (tertiary/aromatic N) is 2. The van der Waals surface area contributed by atoms with Crippen LogP contribution < -0.4 is 9.47 Å². The third kappa shape index (κ3) is 5.61. The highest BCUT2D eigenvalue weighted by Crippen LogP contribution is 2.27. The van der Waals surface area contributed by atoms with Crippen molar-refractivity contribution in [1.82, 2.24) is 9.47 Å². The molecule has 0 atom stereocenters. The minimum absolute atomic E-state index is 0.0831. The van der Waals surface area contributed by atoms with Gasteiger partial charge in [0.05, 0.1) is 20.8 Å². The lowest BCUT2D eigenvalue weighted by Gasteiger charge is -2.36. The van der Waals surface area contributed by atoms with Crippen molar-refractivity contribution >= 4 is 17.5 Å². The SMILES string of the molecule is COc1cc(OC)cc(C(=O)N(Cc2cccn2Cc2cccc(Cl)c2)C(C)(C)C)c1. The molecule has 0 spiro atoms. The molecule has 0 fully saturated rings. The Hall–Kier alpha value is -2.92. The number of ether oxygens (including phenoxy) is 2. The summed E-state index contributed by atoms with van der Waals surface area (Å²) in [6.45, 7) is 7.25. The van der Waals surface area contributed by atoms with Crippen LogP contribution in [0.25, 0.3) is 0 Å². The van der Waals surface area contributed by atoms with E-state index in [1.54, 1.807) is 32.4 Å². The normalized spacial score (nSPS) is 11.3. The summed E-state index contributed by atoms with van der Waals surface area (Å²) in [7, 11) is 3.15. The first kappa shape index (κ1) is 22.8. The Morgan fingerprint density at radius 2 is 1.68 bits per heavy atom. The van der Waals surface area contributed by atoms with Gasteiger partial charge < -0.3 is 18.9 Å². The standard InChI is InChI=1S/C25H29ClN2O3/c1-25(2,3)28(24(29)19-13-22(30-4)15-23(14-19)31-5)17-21-10-7-11-27(21)16-18-8-6-9-20(26)12-18/h6-15H,16-17H2,1-5H3. The summed E-state index contributed by atoms with van der Waals surface area (Å²) in [4.78, 5) is 15.4. The number of hydrogen-bond donors (Lipinski definition) is 0. The molecule has 6 heteroatoms. The van der Waals surface area contributed by atoms with Crippen molar-refractivity contribution in [3.63, 3.8) is 0 Å². The van der Waals surface area contributed by atoms with Crippen LogP contribution in [0.2, 0.25) is 5.02 Å². The van der Waals surface area contributed by atoms with E-state index in [0.29, 0.717) is 35.2 Å². The molecule has 0 aliphatic carbocycles. The molecule has 2 aromatic carbocycles. The largest absolute Gasteiger partial charge is 0.497 e. The Morgan fingerprint density at radius 1 is 1.00 bits per heavy atom. The van der Waals surface area contributed by atoms with Gasteiger partial charge >= 0.3 is 0 Å². The topological polar surface area (TPSA) is 43.7 Å². The van der Waals surface area contributed by atoms with Gasteiger partial charge in [0.2, 0.25) is 0 Å². The fourth-order valence-corrected chi connectivity index (χ4v) is 3.65. The number of rotatable bonds is 7. The van der Waals surface area contributed by atoms with Crippen LogP contribution in [0.1, 0.15) is 42.4 Å². The van der Waals surface area contributed by atoms with Crippen molar-refractivity contribution in [3.8, 4) is 11.5 Å². The molecule has 5 nitrogen and oxygen atoms in total. The first-order chi connectivity index (χ1) is 14.7. The van der Waals surface area contributed by atoms with Crippen LogP contribution in [0.5, 0.6) is 11.5 Å². The maximum absolute atomic E-state index is 13.6. The second kappa shape index (κ2) is 9.48. The zero-order valence-electron chi connectivity index (χ0n) is 18.7. The number of hydrogen-bond acceptors (Lipinski definition) is 3. The van der Waals surface area contributed by atoms with Crippen LogP contribution in [-0.2, 0) is 13.1 Å². The zero-order chi connectivity index (χ0) is 22.6. The molecule has 0 N–H and O–H groups in total. The molecule has 164 valence electrons. The summed E-state index contributed by atoms with van der Waals surface area (Å²) < 4.78 is 12.8. The molecule has 3 aromatic rings. The molecule has 1 amide bonds. The second-order valence-electron chi connectivity index (χ2n) is 8.42.